The number of halogens is 1. The molecule has 0 bridgehead atoms. The highest BCUT2D eigenvalue weighted by Crippen LogP contribution is 2.29. The van der Waals surface area contributed by atoms with Gasteiger partial charge in [0.15, 0.2) is 0 Å². The molecule has 1 saturated carbocycles. The van der Waals surface area contributed by atoms with Gasteiger partial charge in [-0.2, -0.15) is 5.10 Å². The van der Waals surface area contributed by atoms with Crippen LogP contribution < -0.4 is 0 Å². The molecular formula is C23H33FN4O. The number of hydrogen-bond acceptors (Lipinski definition) is 4. The van der Waals surface area contributed by atoms with Gasteiger partial charge in [0.2, 0.25) is 0 Å². The monoisotopic (exact) mass is 400 g/mol. The Hall–Kier alpha value is -1.76. The van der Waals surface area contributed by atoms with Crippen molar-refractivity contribution < 1.29 is 9.50 Å². The normalized spacial score (nSPS) is 21.9. The van der Waals surface area contributed by atoms with E-state index < -0.39 is 0 Å². The van der Waals surface area contributed by atoms with Crippen LogP contribution in [0.2, 0.25) is 0 Å². The van der Waals surface area contributed by atoms with Gasteiger partial charge in [-0.25, -0.2) is 9.07 Å². The van der Waals surface area contributed by atoms with Gasteiger partial charge < -0.3 is 5.11 Å². The molecule has 1 N–H and O–H groups in total. The maximum atomic E-state index is 14.1. The second kappa shape index (κ2) is 8.94. The summed E-state index contributed by atoms with van der Waals surface area (Å²) in [6, 6.07) is 8.10. The van der Waals surface area contributed by atoms with Crippen molar-refractivity contribution in [3.8, 4) is 5.69 Å². The lowest BCUT2D eigenvalue weighted by Crippen LogP contribution is -2.56. The Labute approximate surface area is 173 Å². The number of aliphatic hydroxyl groups excluding tert-OH is 1. The lowest BCUT2D eigenvalue weighted by Gasteiger charge is -2.44. The number of hydrogen-bond donors (Lipinski definition) is 1. The number of piperazine rings is 1. The molecule has 1 aliphatic heterocycles. The van der Waals surface area contributed by atoms with E-state index >= 15 is 0 Å². The van der Waals surface area contributed by atoms with E-state index in [0.717, 1.165) is 48.7 Å². The Morgan fingerprint density at radius 3 is 2.62 bits per heavy atom. The average Bonchev–Trinajstić information content (AvgIpc) is 3.32. The van der Waals surface area contributed by atoms with Gasteiger partial charge in [-0.15, -0.1) is 0 Å². The van der Waals surface area contributed by atoms with Gasteiger partial charge in [0, 0.05) is 50.6 Å². The van der Waals surface area contributed by atoms with E-state index in [1.54, 1.807) is 6.07 Å². The number of aliphatic hydroxyl groups is 1. The van der Waals surface area contributed by atoms with Crippen molar-refractivity contribution in [2.75, 3.05) is 26.2 Å². The summed E-state index contributed by atoms with van der Waals surface area (Å²) in [5, 5.41) is 14.2. The summed E-state index contributed by atoms with van der Waals surface area (Å²) in [6.45, 7) is 7.86. The molecule has 5 nitrogen and oxygen atoms in total. The Bertz CT molecular complexity index is 830. The van der Waals surface area contributed by atoms with Crippen molar-refractivity contribution in [1.82, 2.24) is 19.6 Å². The second-order valence-corrected chi connectivity index (χ2v) is 8.69. The molecular weight excluding hydrogens is 367 g/mol. The number of aromatic nitrogens is 2. The predicted molar refractivity (Wildman–Crippen MR) is 113 cm³/mol. The zero-order valence-electron chi connectivity index (χ0n) is 17.6. The fourth-order valence-electron chi connectivity index (χ4n) is 5.20. The molecule has 4 rings (SSSR count). The van der Waals surface area contributed by atoms with Crippen molar-refractivity contribution >= 4 is 0 Å². The largest absolute Gasteiger partial charge is 0.396 e. The summed E-state index contributed by atoms with van der Waals surface area (Å²) in [5.41, 5.74) is 3.94. The first-order valence-corrected chi connectivity index (χ1v) is 11.0. The molecule has 1 aromatic carbocycles. The molecule has 1 saturated heterocycles. The predicted octanol–water partition coefficient (Wildman–Crippen LogP) is 3.44. The summed E-state index contributed by atoms with van der Waals surface area (Å²) >= 11 is 0. The van der Waals surface area contributed by atoms with E-state index in [9.17, 15) is 9.50 Å². The van der Waals surface area contributed by atoms with Crippen molar-refractivity contribution in [3.63, 3.8) is 0 Å². The van der Waals surface area contributed by atoms with Crippen molar-refractivity contribution in [1.29, 1.82) is 0 Å². The zero-order valence-corrected chi connectivity index (χ0v) is 17.6. The summed E-state index contributed by atoms with van der Waals surface area (Å²) in [4.78, 5) is 5.04. The summed E-state index contributed by atoms with van der Waals surface area (Å²) < 4.78 is 16.0. The molecule has 0 amide bonds. The fraction of sp³-hybridized carbons (Fsp3) is 0.609. The topological polar surface area (TPSA) is 44.5 Å². The van der Waals surface area contributed by atoms with E-state index in [2.05, 4.69) is 14.9 Å². The van der Waals surface area contributed by atoms with E-state index in [1.807, 2.05) is 30.7 Å². The van der Waals surface area contributed by atoms with Gasteiger partial charge in [0.25, 0.3) is 0 Å². The second-order valence-electron chi connectivity index (χ2n) is 8.69. The zero-order chi connectivity index (χ0) is 20.4. The molecule has 29 heavy (non-hydrogen) atoms. The van der Waals surface area contributed by atoms with Crippen molar-refractivity contribution in [2.45, 2.75) is 64.6 Å². The third-order valence-electron chi connectivity index (χ3n) is 6.54. The van der Waals surface area contributed by atoms with E-state index in [-0.39, 0.29) is 12.4 Å². The van der Waals surface area contributed by atoms with Crippen LogP contribution in [0.4, 0.5) is 4.39 Å². The minimum absolute atomic E-state index is 0.207. The molecule has 0 unspecified atom stereocenters. The van der Waals surface area contributed by atoms with Crippen molar-refractivity contribution in [3.05, 3.63) is 47.0 Å². The Kier molecular flexibility index (Phi) is 6.32. The molecule has 2 heterocycles. The third kappa shape index (κ3) is 4.55. The van der Waals surface area contributed by atoms with Gasteiger partial charge >= 0.3 is 0 Å². The van der Waals surface area contributed by atoms with Crippen LogP contribution in [-0.4, -0.2) is 63.0 Å². The van der Waals surface area contributed by atoms with Gasteiger partial charge in [-0.1, -0.05) is 12.8 Å². The first-order valence-electron chi connectivity index (χ1n) is 11.0. The Morgan fingerprint density at radius 2 is 1.93 bits per heavy atom. The van der Waals surface area contributed by atoms with E-state index in [1.165, 1.54) is 31.7 Å². The van der Waals surface area contributed by atoms with Gasteiger partial charge in [0.05, 0.1) is 11.4 Å². The molecule has 2 aromatic rings. The van der Waals surface area contributed by atoms with E-state index in [0.29, 0.717) is 18.6 Å². The van der Waals surface area contributed by atoms with Crippen LogP contribution in [0, 0.1) is 19.7 Å². The third-order valence-corrected chi connectivity index (χ3v) is 6.54. The molecule has 1 aromatic heterocycles. The number of benzene rings is 1. The molecule has 1 atom stereocenters. The quantitative estimate of drug-likeness (QED) is 0.807. The van der Waals surface area contributed by atoms with Crippen molar-refractivity contribution in [2.24, 2.45) is 0 Å². The molecule has 0 radical (unpaired) electrons. The van der Waals surface area contributed by atoms with Crippen LogP contribution in [0.3, 0.4) is 0 Å². The van der Waals surface area contributed by atoms with Crippen LogP contribution in [0.1, 0.15) is 49.1 Å². The highest BCUT2D eigenvalue weighted by Gasteiger charge is 2.33. The number of aryl methyl sites for hydroxylation is 2. The molecule has 0 spiro atoms. The molecule has 2 aliphatic rings. The van der Waals surface area contributed by atoms with Crippen LogP contribution in [0.15, 0.2) is 24.3 Å². The Balaban J connectivity index is 1.53. The fourth-order valence-corrected chi connectivity index (χ4v) is 5.20. The standard InChI is InChI=1S/C23H33FN4O/c1-17-13-18(2)28(25-17)23-8-7-20(24)14-19(23)15-26-10-11-27(21-5-3-4-6-21)22(16-26)9-12-29/h7-8,13-14,21-22,29H,3-6,9-12,15-16H2,1-2H3/t22-/m1/s1. The summed E-state index contributed by atoms with van der Waals surface area (Å²) in [6.07, 6.45) is 6.03. The van der Waals surface area contributed by atoms with E-state index in [4.69, 9.17) is 0 Å². The van der Waals surface area contributed by atoms with Gasteiger partial charge in [-0.3, -0.25) is 9.80 Å². The number of rotatable bonds is 6. The maximum Gasteiger partial charge on any atom is 0.123 e. The highest BCUT2D eigenvalue weighted by atomic mass is 19.1. The summed E-state index contributed by atoms with van der Waals surface area (Å²) in [5.74, 6) is -0.207. The molecule has 158 valence electrons. The minimum atomic E-state index is -0.207. The van der Waals surface area contributed by atoms with Crippen LogP contribution in [0.5, 0.6) is 0 Å². The lowest BCUT2D eigenvalue weighted by molar-refractivity contribution is 0.0267. The highest BCUT2D eigenvalue weighted by molar-refractivity contribution is 5.42. The van der Waals surface area contributed by atoms with Crippen LogP contribution >= 0.6 is 0 Å². The molecule has 2 fully saturated rings. The van der Waals surface area contributed by atoms with Gasteiger partial charge in [0.1, 0.15) is 5.82 Å². The summed E-state index contributed by atoms with van der Waals surface area (Å²) in [7, 11) is 0. The van der Waals surface area contributed by atoms with Gasteiger partial charge in [-0.05, 0) is 62.9 Å². The smallest absolute Gasteiger partial charge is 0.123 e. The average molecular weight is 401 g/mol. The maximum absolute atomic E-state index is 14.1. The first kappa shape index (κ1) is 20.5. The Morgan fingerprint density at radius 1 is 1.14 bits per heavy atom. The first-order chi connectivity index (χ1) is 14.0. The SMILES string of the molecule is Cc1cc(C)n(-c2ccc(F)cc2CN2CCN(C3CCCC3)[C@H](CCO)C2)n1. The molecule has 1 aliphatic carbocycles. The van der Waals surface area contributed by atoms with Crippen LogP contribution in [0.25, 0.3) is 5.69 Å². The number of nitrogens with zero attached hydrogens (tertiary/aromatic N) is 4. The molecule has 6 heteroatoms. The van der Waals surface area contributed by atoms with Crippen LogP contribution in [-0.2, 0) is 6.54 Å². The lowest BCUT2D eigenvalue weighted by atomic mass is 10.0. The minimum Gasteiger partial charge on any atom is -0.396 e.